The smallest absolute Gasteiger partial charge is 0.0560 e. The quantitative estimate of drug-likeness (QED) is 0.190. The van der Waals surface area contributed by atoms with Crippen molar-refractivity contribution in [1.29, 1.82) is 0 Å². The molecule has 2 nitrogen and oxygen atoms in total. The molecular weight excluding hydrogens is 619 g/mol. The summed E-state index contributed by atoms with van der Waals surface area (Å²) >= 11 is 21.4. The van der Waals surface area contributed by atoms with Gasteiger partial charge in [-0.1, -0.05) is 104 Å². The van der Waals surface area contributed by atoms with Gasteiger partial charge in [0.1, 0.15) is 0 Å². The fourth-order valence-corrected chi connectivity index (χ4v) is 7.15. The SMILES string of the molecule is Clc1ccc2c([nH]c3ccccc32)c1-c1cc(-c2c(Cl)ccc3c2[nH]c2ccccc23)c(Br)cc1Br. The van der Waals surface area contributed by atoms with Gasteiger partial charge in [-0.05, 0) is 36.4 Å². The molecule has 0 bridgehead atoms. The second kappa shape index (κ2) is 8.39. The number of halogens is 4. The summed E-state index contributed by atoms with van der Waals surface area (Å²) in [5, 5.41) is 5.97. The van der Waals surface area contributed by atoms with Crippen molar-refractivity contribution >= 4 is 98.7 Å². The van der Waals surface area contributed by atoms with Gasteiger partial charge in [-0.25, -0.2) is 0 Å². The van der Waals surface area contributed by atoms with Crippen LogP contribution in [-0.4, -0.2) is 9.97 Å². The summed E-state index contributed by atoms with van der Waals surface area (Å²) in [4.78, 5) is 7.19. The third kappa shape index (κ3) is 3.29. The Morgan fingerprint density at radius 2 is 0.944 bits per heavy atom. The second-order valence-corrected chi connectivity index (χ2v) is 11.4. The zero-order chi connectivity index (χ0) is 24.6. The summed E-state index contributed by atoms with van der Waals surface area (Å²) in [6.45, 7) is 0. The lowest BCUT2D eigenvalue weighted by atomic mass is 9.96. The maximum Gasteiger partial charge on any atom is 0.0560 e. The van der Waals surface area contributed by atoms with Gasteiger partial charge in [-0.15, -0.1) is 0 Å². The lowest BCUT2D eigenvalue weighted by Gasteiger charge is -2.15. The van der Waals surface area contributed by atoms with Crippen LogP contribution in [0.3, 0.4) is 0 Å². The molecule has 0 aliphatic heterocycles. The Balaban J connectivity index is 1.56. The van der Waals surface area contributed by atoms with Crippen molar-refractivity contribution in [3.63, 3.8) is 0 Å². The normalized spacial score (nSPS) is 11.9. The Labute approximate surface area is 233 Å². The average molecular weight is 635 g/mol. The minimum absolute atomic E-state index is 0.679. The molecule has 0 aliphatic rings. The predicted molar refractivity (Wildman–Crippen MR) is 161 cm³/mol. The van der Waals surface area contributed by atoms with Crippen LogP contribution in [0.5, 0.6) is 0 Å². The fraction of sp³-hybridized carbons (Fsp3) is 0. The highest BCUT2D eigenvalue weighted by molar-refractivity contribution is 9.11. The first-order valence-electron chi connectivity index (χ1n) is 11.4. The number of rotatable bonds is 2. The van der Waals surface area contributed by atoms with E-state index in [2.05, 4.69) is 102 Å². The molecule has 36 heavy (non-hydrogen) atoms. The highest BCUT2D eigenvalue weighted by atomic mass is 79.9. The van der Waals surface area contributed by atoms with Crippen LogP contribution >= 0.6 is 55.1 Å². The van der Waals surface area contributed by atoms with E-state index in [1.165, 1.54) is 10.8 Å². The molecule has 0 unspecified atom stereocenters. The van der Waals surface area contributed by atoms with Crippen LogP contribution in [0, 0.1) is 0 Å². The number of aromatic nitrogens is 2. The molecule has 7 rings (SSSR count). The predicted octanol–water partition coefficient (Wildman–Crippen LogP) is 11.1. The van der Waals surface area contributed by atoms with Crippen molar-refractivity contribution in [3.05, 3.63) is 104 Å². The third-order valence-corrected chi connectivity index (χ3v) is 8.80. The van der Waals surface area contributed by atoms with Crippen LogP contribution in [0.25, 0.3) is 65.9 Å². The number of fused-ring (bicyclic) bond motifs is 6. The average Bonchev–Trinajstić information content (AvgIpc) is 3.43. The first-order valence-corrected chi connectivity index (χ1v) is 13.7. The van der Waals surface area contributed by atoms with Crippen LogP contribution < -0.4 is 0 Å². The summed E-state index contributed by atoms with van der Waals surface area (Å²) in [6.07, 6.45) is 0. The van der Waals surface area contributed by atoms with Crippen LogP contribution in [0.15, 0.2) is 93.9 Å². The second-order valence-electron chi connectivity index (χ2n) is 8.84. The number of aromatic amines is 2. The Bertz CT molecular complexity index is 1860. The molecule has 0 radical (unpaired) electrons. The Morgan fingerprint density at radius 1 is 0.500 bits per heavy atom. The number of H-pyrrole nitrogens is 2. The zero-order valence-corrected chi connectivity index (χ0v) is 23.3. The first-order chi connectivity index (χ1) is 17.5. The molecule has 2 N–H and O–H groups in total. The van der Waals surface area contributed by atoms with Gasteiger partial charge in [-0.2, -0.15) is 0 Å². The van der Waals surface area contributed by atoms with Gasteiger partial charge in [0.05, 0.1) is 21.1 Å². The van der Waals surface area contributed by atoms with Crippen molar-refractivity contribution in [2.24, 2.45) is 0 Å². The molecule has 2 aromatic heterocycles. The lowest BCUT2D eigenvalue weighted by Crippen LogP contribution is -1.90. The maximum absolute atomic E-state index is 6.87. The number of para-hydroxylation sites is 2. The van der Waals surface area contributed by atoms with Crippen molar-refractivity contribution in [1.82, 2.24) is 9.97 Å². The van der Waals surface area contributed by atoms with Gasteiger partial charge in [0, 0.05) is 63.8 Å². The van der Waals surface area contributed by atoms with E-state index in [9.17, 15) is 0 Å². The van der Waals surface area contributed by atoms with Gasteiger partial charge in [-0.3, -0.25) is 0 Å². The Hall–Kier alpha value is -2.76. The molecule has 7 aromatic rings. The number of benzene rings is 5. The molecule has 0 amide bonds. The summed E-state index contributed by atoms with van der Waals surface area (Å²) in [5.74, 6) is 0. The molecule has 0 atom stereocenters. The number of hydrogen-bond acceptors (Lipinski definition) is 0. The van der Waals surface area contributed by atoms with E-state index in [0.29, 0.717) is 10.0 Å². The van der Waals surface area contributed by atoms with Crippen LogP contribution in [0.1, 0.15) is 0 Å². The van der Waals surface area contributed by atoms with Crippen LogP contribution in [0.2, 0.25) is 10.0 Å². The Morgan fingerprint density at radius 3 is 1.42 bits per heavy atom. The summed E-state index contributed by atoms with van der Waals surface area (Å²) < 4.78 is 1.87. The first kappa shape index (κ1) is 22.4. The molecule has 174 valence electrons. The van der Waals surface area contributed by atoms with Gasteiger partial charge >= 0.3 is 0 Å². The highest BCUT2D eigenvalue weighted by Crippen LogP contribution is 2.47. The maximum atomic E-state index is 6.87. The molecular formula is C30H16Br2Cl2N2. The molecule has 0 saturated carbocycles. The molecule has 0 saturated heterocycles. The molecule has 0 fully saturated rings. The van der Waals surface area contributed by atoms with E-state index in [0.717, 1.165) is 64.0 Å². The van der Waals surface area contributed by atoms with E-state index in [4.69, 9.17) is 23.2 Å². The summed E-state index contributed by atoms with van der Waals surface area (Å²) in [6, 6.07) is 29.0. The van der Waals surface area contributed by atoms with E-state index < -0.39 is 0 Å². The Kier molecular flexibility index (Phi) is 5.23. The molecule has 6 heteroatoms. The molecule has 2 heterocycles. The molecule has 0 aliphatic carbocycles. The van der Waals surface area contributed by atoms with Crippen LogP contribution in [-0.2, 0) is 0 Å². The van der Waals surface area contributed by atoms with Crippen LogP contribution in [0.4, 0.5) is 0 Å². The largest absolute Gasteiger partial charge is 0.354 e. The minimum Gasteiger partial charge on any atom is -0.354 e. The highest BCUT2D eigenvalue weighted by Gasteiger charge is 2.21. The standard InChI is InChI=1S/C30H16Br2Cl2N2/c31-21-14-22(32)20(28-24(34)12-10-18-16-6-2-4-8-26(16)36-30(18)28)13-19(21)27-23(33)11-9-17-15-5-1-3-7-25(15)35-29(17)27/h1-14,35-36H. The van der Waals surface area contributed by atoms with Gasteiger partial charge < -0.3 is 9.97 Å². The van der Waals surface area contributed by atoms with E-state index >= 15 is 0 Å². The van der Waals surface area contributed by atoms with Crippen molar-refractivity contribution in [2.45, 2.75) is 0 Å². The number of nitrogens with one attached hydrogen (secondary N) is 2. The van der Waals surface area contributed by atoms with E-state index in [1.807, 2.05) is 24.3 Å². The van der Waals surface area contributed by atoms with E-state index in [-0.39, 0.29) is 0 Å². The monoisotopic (exact) mass is 632 g/mol. The topological polar surface area (TPSA) is 31.6 Å². The van der Waals surface area contributed by atoms with Gasteiger partial charge in [0.15, 0.2) is 0 Å². The molecule has 0 spiro atoms. The zero-order valence-electron chi connectivity index (χ0n) is 18.6. The van der Waals surface area contributed by atoms with Gasteiger partial charge in [0.25, 0.3) is 0 Å². The van der Waals surface area contributed by atoms with Crippen molar-refractivity contribution in [2.75, 3.05) is 0 Å². The third-order valence-electron chi connectivity index (χ3n) is 6.86. The van der Waals surface area contributed by atoms with E-state index in [1.54, 1.807) is 0 Å². The van der Waals surface area contributed by atoms with Crippen molar-refractivity contribution in [3.8, 4) is 22.3 Å². The lowest BCUT2D eigenvalue weighted by molar-refractivity contribution is 1.50. The molecule has 5 aromatic carbocycles. The number of hydrogen-bond donors (Lipinski definition) is 2. The summed E-state index contributed by atoms with van der Waals surface area (Å²) in [7, 11) is 0. The minimum atomic E-state index is 0.679. The van der Waals surface area contributed by atoms with Gasteiger partial charge in [0.2, 0.25) is 0 Å². The van der Waals surface area contributed by atoms with Crippen molar-refractivity contribution < 1.29 is 0 Å². The fourth-order valence-electron chi connectivity index (χ4n) is 5.25. The summed E-state index contributed by atoms with van der Waals surface area (Å²) in [5.41, 5.74) is 8.04.